The molecule has 0 aliphatic carbocycles. The van der Waals surface area contributed by atoms with E-state index in [2.05, 4.69) is 15.9 Å². The molecule has 18 heavy (non-hydrogen) atoms. The van der Waals surface area contributed by atoms with Crippen LogP contribution in [-0.4, -0.2) is 24.2 Å². The zero-order valence-electron chi connectivity index (χ0n) is 9.80. The zero-order valence-corrected chi connectivity index (χ0v) is 11.4. The fourth-order valence-electron chi connectivity index (χ4n) is 1.84. The molecule has 0 atom stereocenters. The van der Waals surface area contributed by atoms with Crippen LogP contribution >= 0.6 is 15.9 Å². The molecule has 1 aliphatic heterocycles. The van der Waals surface area contributed by atoms with E-state index in [4.69, 9.17) is 9.47 Å². The largest absolute Gasteiger partial charge is 0.381 e. The van der Waals surface area contributed by atoms with Crippen LogP contribution in [0, 0.1) is 10.1 Å². The van der Waals surface area contributed by atoms with Crippen molar-refractivity contribution in [3.8, 4) is 0 Å². The highest BCUT2D eigenvalue weighted by molar-refractivity contribution is 9.10. The first-order valence-corrected chi connectivity index (χ1v) is 6.58. The molecule has 1 aliphatic rings. The topological polar surface area (TPSA) is 61.6 Å². The van der Waals surface area contributed by atoms with Gasteiger partial charge < -0.3 is 9.47 Å². The summed E-state index contributed by atoms with van der Waals surface area (Å²) in [5, 5.41) is 10.8. The van der Waals surface area contributed by atoms with Gasteiger partial charge in [-0.3, -0.25) is 10.1 Å². The van der Waals surface area contributed by atoms with Gasteiger partial charge in [0.15, 0.2) is 0 Å². The van der Waals surface area contributed by atoms with Crippen molar-refractivity contribution in [3.63, 3.8) is 0 Å². The Morgan fingerprint density at radius 1 is 1.44 bits per heavy atom. The van der Waals surface area contributed by atoms with Gasteiger partial charge in [0.2, 0.25) is 0 Å². The number of nitro groups is 1. The van der Waals surface area contributed by atoms with E-state index in [0.717, 1.165) is 31.6 Å². The molecular weight excluding hydrogens is 302 g/mol. The zero-order chi connectivity index (χ0) is 13.0. The molecule has 0 amide bonds. The Hall–Kier alpha value is -0.980. The minimum Gasteiger partial charge on any atom is -0.381 e. The van der Waals surface area contributed by atoms with E-state index >= 15 is 0 Å². The van der Waals surface area contributed by atoms with Crippen molar-refractivity contribution in [2.75, 3.05) is 13.2 Å². The Bertz CT molecular complexity index is 432. The van der Waals surface area contributed by atoms with Crippen molar-refractivity contribution >= 4 is 21.6 Å². The highest BCUT2D eigenvalue weighted by Gasteiger charge is 2.16. The van der Waals surface area contributed by atoms with Crippen LogP contribution in [0.5, 0.6) is 0 Å². The lowest BCUT2D eigenvalue weighted by atomic mass is 10.1. The molecule has 1 fully saturated rings. The molecule has 0 bridgehead atoms. The molecule has 0 spiro atoms. The van der Waals surface area contributed by atoms with Gasteiger partial charge in [0.25, 0.3) is 5.69 Å². The van der Waals surface area contributed by atoms with E-state index in [1.807, 2.05) is 6.07 Å². The normalized spacial score (nSPS) is 16.7. The predicted molar refractivity (Wildman–Crippen MR) is 69.4 cm³/mol. The van der Waals surface area contributed by atoms with Crippen LogP contribution in [0.1, 0.15) is 18.4 Å². The number of hydrogen-bond donors (Lipinski definition) is 0. The van der Waals surface area contributed by atoms with Gasteiger partial charge in [-0.1, -0.05) is 6.07 Å². The minimum absolute atomic E-state index is 0.0723. The lowest BCUT2D eigenvalue weighted by Crippen LogP contribution is -2.23. The first kappa shape index (κ1) is 13.5. The maximum Gasteiger partial charge on any atom is 0.283 e. The highest BCUT2D eigenvalue weighted by atomic mass is 79.9. The van der Waals surface area contributed by atoms with Crippen molar-refractivity contribution in [1.82, 2.24) is 0 Å². The van der Waals surface area contributed by atoms with Gasteiger partial charge in [0.1, 0.15) is 0 Å². The van der Waals surface area contributed by atoms with E-state index in [9.17, 15) is 10.1 Å². The average molecular weight is 316 g/mol. The summed E-state index contributed by atoms with van der Waals surface area (Å²) in [5.74, 6) is 0. The number of ether oxygens (including phenoxy) is 2. The van der Waals surface area contributed by atoms with E-state index in [1.54, 1.807) is 12.1 Å². The van der Waals surface area contributed by atoms with Crippen molar-refractivity contribution in [2.24, 2.45) is 0 Å². The second-order valence-electron chi connectivity index (χ2n) is 4.17. The number of hydrogen-bond acceptors (Lipinski definition) is 4. The maximum absolute atomic E-state index is 10.8. The summed E-state index contributed by atoms with van der Waals surface area (Å²) in [6, 6.07) is 5.06. The third-order valence-corrected chi connectivity index (χ3v) is 3.53. The van der Waals surface area contributed by atoms with Gasteiger partial charge in [0.05, 0.1) is 22.1 Å². The molecule has 0 radical (unpaired) electrons. The van der Waals surface area contributed by atoms with Gasteiger partial charge in [-0.2, -0.15) is 0 Å². The van der Waals surface area contributed by atoms with E-state index in [-0.39, 0.29) is 11.8 Å². The molecule has 2 rings (SSSR count). The number of rotatable bonds is 4. The van der Waals surface area contributed by atoms with Gasteiger partial charge in [-0.15, -0.1) is 0 Å². The first-order valence-electron chi connectivity index (χ1n) is 5.79. The van der Waals surface area contributed by atoms with E-state index in [1.165, 1.54) is 0 Å². The Morgan fingerprint density at radius 2 is 2.17 bits per heavy atom. The van der Waals surface area contributed by atoms with Gasteiger partial charge in [-0.25, -0.2) is 0 Å². The van der Waals surface area contributed by atoms with Crippen LogP contribution in [0.15, 0.2) is 22.7 Å². The van der Waals surface area contributed by atoms with E-state index in [0.29, 0.717) is 11.1 Å². The second kappa shape index (κ2) is 6.26. The van der Waals surface area contributed by atoms with Crippen LogP contribution in [-0.2, 0) is 16.1 Å². The molecule has 1 aromatic rings. The minimum atomic E-state index is -0.401. The van der Waals surface area contributed by atoms with Crippen molar-refractivity contribution in [1.29, 1.82) is 0 Å². The standard InChI is InChI=1S/C12H14BrNO4/c13-11-2-1-9(7-12(11)14(15)16)8-18-10-3-5-17-6-4-10/h1-2,7,10H,3-6,8H2. The molecule has 0 unspecified atom stereocenters. The molecular formula is C12H14BrNO4. The molecule has 0 saturated carbocycles. The molecule has 6 heteroatoms. The van der Waals surface area contributed by atoms with Crippen molar-refractivity contribution < 1.29 is 14.4 Å². The van der Waals surface area contributed by atoms with Crippen LogP contribution in [0.4, 0.5) is 5.69 Å². The van der Waals surface area contributed by atoms with Crippen molar-refractivity contribution in [3.05, 3.63) is 38.3 Å². The summed E-state index contributed by atoms with van der Waals surface area (Å²) in [7, 11) is 0. The number of nitro benzene ring substituents is 1. The summed E-state index contributed by atoms with van der Waals surface area (Å²) in [4.78, 5) is 10.4. The van der Waals surface area contributed by atoms with Gasteiger partial charge in [-0.05, 0) is 40.4 Å². The van der Waals surface area contributed by atoms with Crippen LogP contribution in [0.3, 0.4) is 0 Å². The Kier molecular flexibility index (Phi) is 4.68. The average Bonchev–Trinajstić information content (AvgIpc) is 2.38. The molecule has 1 heterocycles. The monoisotopic (exact) mass is 315 g/mol. The molecule has 0 N–H and O–H groups in total. The summed E-state index contributed by atoms with van der Waals surface area (Å²) >= 11 is 3.16. The van der Waals surface area contributed by atoms with Gasteiger partial charge in [0, 0.05) is 19.3 Å². The Balaban J connectivity index is 1.96. The Morgan fingerprint density at radius 3 is 2.83 bits per heavy atom. The second-order valence-corrected chi connectivity index (χ2v) is 5.02. The van der Waals surface area contributed by atoms with Gasteiger partial charge >= 0.3 is 0 Å². The highest BCUT2D eigenvalue weighted by Crippen LogP contribution is 2.26. The van der Waals surface area contributed by atoms with Crippen LogP contribution in [0.2, 0.25) is 0 Å². The number of nitrogens with zero attached hydrogens (tertiary/aromatic N) is 1. The van der Waals surface area contributed by atoms with Crippen LogP contribution < -0.4 is 0 Å². The molecule has 1 aromatic carbocycles. The molecule has 5 nitrogen and oxygen atoms in total. The quantitative estimate of drug-likeness (QED) is 0.633. The number of halogens is 1. The molecule has 1 saturated heterocycles. The lowest BCUT2D eigenvalue weighted by Gasteiger charge is -2.22. The molecule has 0 aromatic heterocycles. The third kappa shape index (κ3) is 3.51. The maximum atomic E-state index is 10.8. The Labute approximate surface area is 113 Å². The summed E-state index contributed by atoms with van der Waals surface area (Å²) in [6.45, 7) is 1.86. The van der Waals surface area contributed by atoms with Crippen molar-refractivity contribution in [2.45, 2.75) is 25.6 Å². The number of benzene rings is 1. The van der Waals surface area contributed by atoms with E-state index < -0.39 is 4.92 Å². The summed E-state index contributed by atoms with van der Waals surface area (Å²) in [6.07, 6.45) is 1.97. The lowest BCUT2D eigenvalue weighted by molar-refractivity contribution is -0.385. The SMILES string of the molecule is O=[N+]([O-])c1cc(COC2CCOCC2)ccc1Br. The predicted octanol–water partition coefficient (Wildman–Crippen LogP) is 3.05. The molecule has 98 valence electrons. The third-order valence-electron chi connectivity index (χ3n) is 2.86. The first-order chi connectivity index (χ1) is 8.66. The van der Waals surface area contributed by atoms with Crippen LogP contribution in [0.25, 0.3) is 0 Å². The summed E-state index contributed by atoms with van der Waals surface area (Å²) < 4.78 is 11.5. The summed E-state index contributed by atoms with van der Waals surface area (Å²) in [5.41, 5.74) is 0.888. The fourth-order valence-corrected chi connectivity index (χ4v) is 2.24. The smallest absolute Gasteiger partial charge is 0.283 e. The fraction of sp³-hybridized carbons (Fsp3) is 0.500.